The summed E-state index contributed by atoms with van der Waals surface area (Å²) in [6.45, 7) is 1.68. The van der Waals surface area contributed by atoms with Crippen LogP contribution in [0.15, 0.2) is 24.3 Å². The third kappa shape index (κ3) is 1.42. The maximum atomic E-state index is 5.53. The predicted molar refractivity (Wildman–Crippen MR) is 51.0 cm³/mol. The van der Waals surface area contributed by atoms with E-state index in [1.807, 2.05) is 18.2 Å². The molecule has 0 atom stereocenters. The topological polar surface area (TPSA) is 12.5 Å². The Morgan fingerprint density at radius 2 is 2.25 bits per heavy atom. The molecule has 1 heterocycles. The van der Waals surface area contributed by atoms with E-state index in [4.69, 9.17) is 4.74 Å². The molecule has 1 aliphatic rings. The second kappa shape index (κ2) is 3.37. The molecule has 0 aliphatic carbocycles. The van der Waals surface area contributed by atoms with Crippen LogP contribution in [0.5, 0.6) is 5.75 Å². The van der Waals surface area contributed by atoms with E-state index in [0.29, 0.717) is 6.73 Å². The lowest BCUT2D eigenvalue weighted by molar-refractivity contribution is 0.181. The summed E-state index contributed by atoms with van der Waals surface area (Å²) in [6, 6.07) is 8.18. The molecular formula is C9H11NOS. The number of hydrogen-bond acceptors (Lipinski definition) is 3. The summed E-state index contributed by atoms with van der Waals surface area (Å²) in [5.41, 5.74) is 1.28. The minimum Gasteiger partial charge on any atom is -0.477 e. The van der Waals surface area contributed by atoms with Gasteiger partial charge in [-0.3, -0.25) is 0 Å². The minimum atomic E-state index is 0.693. The van der Waals surface area contributed by atoms with Gasteiger partial charge >= 0.3 is 0 Å². The third-order valence-electron chi connectivity index (χ3n) is 1.94. The normalized spacial score (nSPS) is 16.8. The highest BCUT2D eigenvalue weighted by atomic mass is 32.2. The Balaban J connectivity index is 2.23. The number of fused-ring (bicyclic) bond motifs is 1. The first-order chi connectivity index (χ1) is 5.90. The summed E-state index contributed by atoms with van der Waals surface area (Å²) in [5, 5.41) is 0. The van der Waals surface area contributed by atoms with Crippen LogP contribution in [0, 0.1) is 0 Å². The third-order valence-corrected chi connectivity index (χ3v) is 2.69. The molecule has 0 aromatic heterocycles. The molecule has 2 rings (SSSR count). The Morgan fingerprint density at radius 3 is 3.08 bits per heavy atom. The molecule has 2 nitrogen and oxygen atoms in total. The second-order valence-corrected chi connectivity index (χ2v) is 3.59. The summed E-state index contributed by atoms with van der Waals surface area (Å²) in [5.74, 6) is 1.03. The molecule has 0 saturated carbocycles. The number of hydrogen-bond donors (Lipinski definition) is 0. The van der Waals surface area contributed by atoms with E-state index in [0.717, 1.165) is 12.3 Å². The molecule has 0 spiro atoms. The van der Waals surface area contributed by atoms with E-state index >= 15 is 0 Å². The Morgan fingerprint density at radius 1 is 1.42 bits per heavy atom. The van der Waals surface area contributed by atoms with Gasteiger partial charge in [0.15, 0.2) is 6.73 Å². The summed E-state index contributed by atoms with van der Waals surface area (Å²) >= 11 is 1.72. The van der Waals surface area contributed by atoms with E-state index in [9.17, 15) is 0 Å². The van der Waals surface area contributed by atoms with Gasteiger partial charge in [-0.25, -0.2) is 4.31 Å². The summed E-state index contributed by atoms with van der Waals surface area (Å²) in [4.78, 5) is 0. The van der Waals surface area contributed by atoms with Crippen LogP contribution in [0.2, 0.25) is 0 Å². The molecule has 0 radical (unpaired) electrons. The lowest BCUT2D eigenvalue weighted by Crippen LogP contribution is -2.25. The van der Waals surface area contributed by atoms with Crippen LogP contribution >= 0.6 is 11.9 Å². The lowest BCUT2D eigenvalue weighted by Gasteiger charge is -2.26. The number of nitrogens with zero attached hydrogens (tertiary/aromatic N) is 1. The van der Waals surface area contributed by atoms with E-state index in [1.54, 1.807) is 11.9 Å². The maximum absolute atomic E-state index is 5.53. The molecule has 1 aromatic rings. The molecule has 12 heavy (non-hydrogen) atoms. The SMILES string of the molecule is CSN1COc2ccccc2C1. The molecule has 0 bridgehead atoms. The highest BCUT2D eigenvalue weighted by molar-refractivity contribution is 7.96. The first kappa shape index (κ1) is 7.95. The van der Waals surface area contributed by atoms with Crippen molar-refractivity contribution in [2.75, 3.05) is 13.0 Å². The van der Waals surface area contributed by atoms with Gasteiger partial charge in [0.05, 0.1) is 0 Å². The van der Waals surface area contributed by atoms with Crippen molar-refractivity contribution in [3.63, 3.8) is 0 Å². The van der Waals surface area contributed by atoms with Gasteiger partial charge in [0, 0.05) is 12.1 Å². The van der Waals surface area contributed by atoms with E-state index in [-0.39, 0.29) is 0 Å². The van der Waals surface area contributed by atoms with Gasteiger partial charge in [0.1, 0.15) is 5.75 Å². The maximum Gasteiger partial charge on any atom is 0.151 e. The molecule has 0 amide bonds. The Kier molecular flexibility index (Phi) is 2.23. The van der Waals surface area contributed by atoms with Gasteiger partial charge in [-0.2, -0.15) is 0 Å². The summed E-state index contributed by atoms with van der Waals surface area (Å²) in [6.07, 6.45) is 2.07. The van der Waals surface area contributed by atoms with Crippen LogP contribution in [0.4, 0.5) is 0 Å². The van der Waals surface area contributed by atoms with Crippen molar-refractivity contribution in [3.05, 3.63) is 29.8 Å². The lowest BCUT2D eigenvalue weighted by atomic mass is 10.2. The molecule has 0 unspecified atom stereocenters. The fourth-order valence-electron chi connectivity index (χ4n) is 1.27. The number of ether oxygens (including phenoxy) is 1. The van der Waals surface area contributed by atoms with Crippen molar-refractivity contribution in [3.8, 4) is 5.75 Å². The van der Waals surface area contributed by atoms with Crippen LogP contribution in [0.1, 0.15) is 5.56 Å². The van der Waals surface area contributed by atoms with Gasteiger partial charge < -0.3 is 4.74 Å². The largest absolute Gasteiger partial charge is 0.477 e. The first-order valence-electron chi connectivity index (χ1n) is 3.90. The first-order valence-corrected chi connectivity index (χ1v) is 5.08. The Hall–Kier alpha value is -0.670. The van der Waals surface area contributed by atoms with Crippen LogP contribution in [-0.4, -0.2) is 17.3 Å². The van der Waals surface area contributed by atoms with Crippen LogP contribution in [0.25, 0.3) is 0 Å². The van der Waals surface area contributed by atoms with Crippen LogP contribution in [-0.2, 0) is 6.54 Å². The molecule has 0 fully saturated rings. The fraction of sp³-hybridized carbons (Fsp3) is 0.333. The smallest absolute Gasteiger partial charge is 0.151 e. The minimum absolute atomic E-state index is 0.693. The van der Waals surface area contributed by atoms with Crippen molar-refractivity contribution in [1.82, 2.24) is 4.31 Å². The Bertz CT molecular complexity index is 277. The zero-order valence-electron chi connectivity index (χ0n) is 6.99. The molecule has 0 saturated heterocycles. The van der Waals surface area contributed by atoms with E-state index in [1.165, 1.54) is 5.56 Å². The van der Waals surface area contributed by atoms with E-state index < -0.39 is 0 Å². The second-order valence-electron chi connectivity index (χ2n) is 2.70. The zero-order chi connectivity index (χ0) is 8.39. The van der Waals surface area contributed by atoms with Crippen molar-refractivity contribution >= 4 is 11.9 Å². The van der Waals surface area contributed by atoms with Gasteiger partial charge in [-0.1, -0.05) is 30.1 Å². The monoisotopic (exact) mass is 181 g/mol. The van der Waals surface area contributed by atoms with E-state index in [2.05, 4.69) is 16.6 Å². The number of rotatable bonds is 1. The molecule has 0 N–H and O–H groups in total. The van der Waals surface area contributed by atoms with Crippen LogP contribution < -0.4 is 4.74 Å². The molecule has 64 valence electrons. The predicted octanol–water partition coefficient (Wildman–Crippen LogP) is 2.12. The average molecular weight is 181 g/mol. The Labute approximate surface area is 76.7 Å². The summed E-state index contributed by atoms with van der Waals surface area (Å²) in [7, 11) is 0. The molecular weight excluding hydrogens is 170 g/mol. The van der Waals surface area contributed by atoms with Gasteiger partial charge in [-0.15, -0.1) is 0 Å². The molecule has 1 aliphatic heterocycles. The summed E-state index contributed by atoms with van der Waals surface area (Å²) < 4.78 is 7.71. The van der Waals surface area contributed by atoms with Crippen molar-refractivity contribution in [2.24, 2.45) is 0 Å². The highest BCUT2D eigenvalue weighted by Crippen LogP contribution is 2.26. The quantitative estimate of drug-likeness (QED) is 0.616. The van der Waals surface area contributed by atoms with Crippen molar-refractivity contribution in [2.45, 2.75) is 6.54 Å². The highest BCUT2D eigenvalue weighted by Gasteiger charge is 2.14. The van der Waals surface area contributed by atoms with Crippen molar-refractivity contribution < 1.29 is 4.74 Å². The number of benzene rings is 1. The van der Waals surface area contributed by atoms with Crippen LogP contribution in [0.3, 0.4) is 0 Å². The van der Waals surface area contributed by atoms with Gasteiger partial charge in [0.2, 0.25) is 0 Å². The standard InChI is InChI=1S/C9H11NOS/c1-12-10-6-8-4-2-3-5-9(8)11-7-10/h2-5H,6-7H2,1H3. The van der Waals surface area contributed by atoms with Gasteiger partial charge in [-0.05, 0) is 12.3 Å². The average Bonchev–Trinajstić information content (AvgIpc) is 2.17. The zero-order valence-corrected chi connectivity index (χ0v) is 7.80. The molecule has 1 aromatic carbocycles. The van der Waals surface area contributed by atoms with Crippen molar-refractivity contribution in [1.29, 1.82) is 0 Å². The van der Waals surface area contributed by atoms with Gasteiger partial charge in [0.25, 0.3) is 0 Å². The number of para-hydroxylation sites is 1. The molecule has 3 heteroatoms. The fourth-order valence-corrected chi connectivity index (χ4v) is 1.70.